The summed E-state index contributed by atoms with van der Waals surface area (Å²) in [5.74, 6) is 0.845. The molecule has 10 heteroatoms. The zero-order valence-corrected chi connectivity index (χ0v) is 13.8. The quantitative estimate of drug-likeness (QED) is 0.916. The number of aryl methyl sites for hydroxylation is 2. The van der Waals surface area contributed by atoms with Crippen LogP contribution in [0.25, 0.3) is 0 Å². The van der Waals surface area contributed by atoms with Crippen molar-refractivity contribution in [3.63, 3.8) is 0 Å². The van der Waals surface area contributed by atoms with Crippen molar-refractivity contribution in [3.05, 3.63) is 29.5 Å². The van der Waals surface area contributed by atoms with E-state index in [1.165, 1.54) is 15.7 Å². The van der Waals surface area contributed by atoms with Crippen LogP contribution in [0.4, 0.5) is 23.8 Å². The number of halogens is 3. The lowest BCUT2D eigenvalue weighted by molar-refractivity contribution is -0.141. The number of aromatic nitrogens is 3. The van der Waals surface area contributed by atoms with E-state index in [0.717, 1.165) is 6.20 Å². The van der Waals surface area contributed by atoms with Crippen LogP contribution in [0, 0.1) is 12.8 Å². The summed E-state index contributed by atoms with van der Waals surface area (Å²) in [6, 6.07) is -0.343. The highest BCUT2D eigenvalue weighted by molar-refractivity contribution is 5.88. The minimum atomic E-state index is -4.44. The molecule has 0 aromatic carbocycles. The van der Waals surface area contributed by atoms with E-state index in [1.807, 2.05) is 0 Å². The predicted octanol–water partition coefficient (Wildman–Crippen LogP) is 2.92. The summed E-state index contributed by atoms with van der Waals surface area (Å²) in [6.07, 6.45) is -0.838. The summed E-state index contributed by atoms with van der Waals surface area (Å²) in [5, 5.41) is 6.32. The number of amides is 2. The third kappa shape index (κ3) is 3.77. The molecule has 2 amide bonds. The lowest BCUT2D eigenvalue weighted by Crippen LogP contribution is -2.38. The first-order chi connectivity index (χ1) is 11.7. The Bertz CT molecular complexity index is 768. The van der Waals surface area contributed by atoms with Crippen molar-refractivity contribution in [1.29, 1.82) is 0 Å². The molecule has 3 heterocycles. The topological polar surface area (TPSA) is 76.2 Å². The Hall–Kier alpha value is -2.52. The number of urea groups is 1. The van der Waals surface area contributed by atoms with E-state index in [9.17, 15) is 18.0 Å². The standard InChI is InChI=1S/C15H18F3N5O2/c1-9-8-25-21-13(9)20-14(24)22(2)5-10-3-4-12-19-11(15(16,17)18)7-23(12)6-10/h7-8,10H,3-6H2,1-2H3,(H,20,21,24). The summed E-state index contributed by atoms with van der Waals surface area (Å²) in [7, 11) is 1.63. The highest BCUT2D eigenvalue weighted by Gasteiger charge is 2.36. The molecule has 7 nitrogen and oxygen atoms in total. The van der Waals surface area contributed by atoms with Crippen molar-refractivity contribution >= 4 is 11.8 Å². The number of nitrogens with one attached hydrogen (secondary N) is 1. The van der Waals surface area contributed by atoms with Gasteiger partial charge in [0.05, 0.1) is 0 Å². The van der Waals surface area contributed by atoms with Crippen LogP contribution in [0.3, 0.4) is 0 Å². The molecule has 2 aromatic heterocycles. The Kier molecular flexibility index (Phi) is 4.44. The molecule has 0 spiro atoms. The highest BCUT2D eigenvalue weighted by atomic mass is 19.4. The molecule has 136 valence electrons. The second-order valence-electron chi connectivity index (χ2n) is 6.25. The molecule has 25 heavy (non-hydrogen) atoms. The van der Waals surface area contributed by atoms with Crippen LogP contribution in [0.5, 0.6) is 0 Å². The van der Waals surface area contributed by atoms with Crippen molar-refractivity contribution in [2.75, 3.05) is 18.9 Å². The maximum atomic E-state index is 12.7. The third-order valence-electron chi connectivity index (χ3n) is 4.23. The second-order valence-corrected chi connectivity index (χ2v) is 6.25. The lowest BCUT2D eigenvalue weighted by atomic mass is 9.99. The minimum Gasteiger partial charge on any atom is -0.362 e. The van der Waals surface area contributed by atoms with Crippen LogP contribution in [0.2, 0.25) is 0 Å². The average molecular weight is 357 g/mol. The monoisotopic (exact) mass is 357 g/mol. The molecule has 0 aliphatic carbocycles. The van der Waals surface area contributed by atoms with E-state index in [-0.39, 0.29) is 11.9 Å². The van der Waals surface area contributed by atoms with Gasteiger partial charge in [-0.1, -0.05) is 5.16 Å². The molecule has 1 aliphatic heterocycles. The van der Waals surface area contributed by atoms with Gasteiger partial charge in [-0.2, -0.15) is 13.2 Å². The van der Waals surface area contributed by atoms with E-state index >= 15 is 0 Å². The van der Waals surface area contributed by atoms with Gasteiger partial charge < -0.3 is 14.0 Å². The van der Waals surface area contributed by atoms with Gasteiger partial charge in [-0.15, -0.1) is 0 Å². The van der Waals surface area contributed by atoms with Gasteiger partial charge in [-0.25, -0.2) is 9.78 Å². The van der Waals surface area contributed by atoms with Crippen LogP contribution in [-0.4, -0.2) is 39.2 Å². The van der Waals surface area contributed by atoms with Gasteiger partial charge in [0.15, 0.2) is 11.5 Å². The van der Waals surface area contributed by atoms with Gasteiger partial charge in [-0.3, -0.25) is 5.32 Å². The van der Waals surface area contributed by atoms with Crippen LogP contribution in [0.15, 0.2) is 17.0 Å². The SMILES string of the molecule is Cc1conc1NC(=O)N(C)CC1CCc2nc(C(F)(F)F)cn2C1. The molecular formula is C15H18F3N5O2. The Labute approximate surface area is 141 Å². The molecule has 0 saturated heterocycles. The molecule has 0 fully saturated rings. The fraction of sp³-hybridized carbons (Fsp3) is 0.533. The summed E-state index contributed by atoms with van der Waals surface area (Å²) in [4.78, 5) is 17.3. The van der Waals surface area contributed by atoms with Crippen LogP contribution >= 0.6 is 0 Å². The second kappa shape index (κ2) is 6.41. The average Bonchev–Trinajstić information content (AvgIpc) is 3.13. The molecular weight excluding hydrogens is 339 g/mol. The molecule has 0 saturated carbocycles. The number of anilines is 1. The summed E-state index contributed by atoms with van der Waals surface area (Å²) in [6.45, 7) is 2.58. The summed E-state index contributed by atoms with van der Waals surface area (Å²) < 4.78 is 44.5. The third-order valence-corrected chi connectivity index (χ3v) is 4.23. The first-order valence-corrected chi connectivity index (χ1v) is 7.80. The van der Waals surface area contributed by atoms with Gasteiger partial charge in [0, 0.05) is 38.3 Å². The van der Waals surface area contributed by atoms with Gasteiger partial charge in [0.1, 0.15) is 12.1 Å². The molecule has 1 N–H and O–H groups in total. The van der Waals surface area contributed by atoms with Gasteiger partial charge in [0.25, 0.3) is 0 Å². The number of alkyl halides is 3. The molecule has 2 aromatic rings. The zero-order valence-electron chi connectivity index (χ0n) is 13.8. The minimum absolute atomic E-state index is 0.0527. The predicted molar refractivity (Wildman–Crippen MR) is 81.9 cm³/mol. The largest absolute Gasteiger partial charge is 0.434 e. The van der Waals surface area contributed by atoms with E-state index in [4.69, 9.17) is 4.52 Å². The summed E-state index contributed by atoms with van der Waals surface area (Å²) in [5.41, 5.74) is -0.155. The number of hydrogen-bond acceptors (Lipinski definition) is 4. The van der Waals surface area contributed by atoms with Crippen LogP contribution < -0.4 is 5.32 Å². The highest BCUT2D eigenvalue weighted by Crippen LogP contribution is 2.30. The van der Waals surface area contributed by atoms with Gasteiger partial charge in [0.2, 0.25) is 0 Å². The molecule has 0 bridgehead atoms. The number of nitrogens with zero attached hydrogens (tertiary/aromatic N) is 4. The Morgan fingerprint density at radius 3 is 2.92 bits per heavy atom. The van der Waals surface area contributed by atoms with Gasteiger partial charge in [-0.05, 0) is 19.3 Å². The smallest absolute Gasteiger partial charge is 0.362 e. The number of hydrogen-bond donors (Lipinski definition) is 1. The number of carbonyl (C=O) groups is 1. The Morgan fingerprint density at radius 1 is 1.52 bits per heavy atom. The molecule has 1 unspecified atom stereocenters. The lowest BCUT2D eigenvalue weighted by Gasteiger charge is -2.28. The van der Waals surface area contributed by atoms with Crippen molar-refractivity contribution in [2.24, 2.45) is 5.92 Å². The van der Waals surface area contributed by atoms with Crippen molar-refractivity contribution in [2.45, 2.75) is 32.5 Å². The van der Waals surface area contributed by atoms with Crippen molar-refractivity contribution in [1.82, 2.24) is 19.6 Å². The fourth-order valence-corrected chi connectivity index (χ4v) is 2.87. The number of rotatable bonds is 3. The first kappa shape index (κ1) is 17.3. The number of imidazole rings is 1. The van der Waals surface area contributed by atoms with Crippen LogP contribution in [-0.2, 0) is 19.1 Å². The normalized spacial score (nSPS) is 17.2. The van der Waals surface area contributed by atoms with Crippen molar-refractivity contribution < 1.29 is 22.5 Å². The molecule has 1 atom stereocenters. The number of fused-ring (bicyclic) bond motifs is 1. The maximum absolute atomic E-state index is 12.7. The van der Waals surface area contributed by atoms with Crippen molar-refractivity contribution in [3.8, 4) is 0 Å². The number of carbonyl (C=O) groups excluding carboxylic acids is 1. The van der Waals surface area contributed by atoms with E-state index in [0.29, 0.717) is 43.1 Å². The molecule has 3 rings (SSSR count). The van der Waals surface area contributed by atoms with Crippen LogP contribution in [0.1, 0.15) is 23.5 Å². The van der Waals surface area contributed by atoms with E-state index in [1.54, 1.807) is 14.0 Å². The maximum Gasteiger partial charge on any atom is 0.434 e. The van der Waals surface area contributed by atoms with Gasteiger partial charge >= 0.3 is 12.2 Å². The Morgan fingerprint density at radius 2 is 2.28 bits per heavy atom. The summed E-state index contributed by atoms with van der Waals surface area (Å²) >= 11 is 0. The molecule has 1 aliphatic rings. The van der Waals surface area contributed by atoms with E-state index < -0.39 is 11.9 Å². The first-order valence-electron chi connectivity index (χ1n) is 7.80. The molecule has 0 radical (unpaired) electrons. The Balaban J connectivity index is 1.59. The fourth-order valence-electron chi connectivity index (χ4n) is 2.87. The van der Waals surface area contributed by atoms with E-state index in [2.05, 4.69) is 15.5 Å². The zero-order chi connectivity index (χ0) is 18.2.